The third-order valence-corrected chi connectivity index (χ3v) is 7.95. The lowest BCUT2D eigenvalue weighted by atomic mass is 10.9. The summed E-state index contributed by atoms with van der Waals surface area (Å²) in [5, 5.41) is 0. The van der Waals surface area contributed by atoms with Crippen molar-refractivity contribution in [2.75, 3.05) is 0 Å². The van der Waals surface area contributed by atoms with Crippen LogP contribution in [0, 0.1) is 47.9 Å². The van der Waals surface area contributed by atoms with Gasteiger partial charge in [-0.1, -0.05) is 0 Å². The highest BCUT2D eigenvalue weighted by atomic mass is 28.3. The minimum absolute atomic E-state index is 0.844. The Balaban J connectivity index is 4.53. The molecule has 0 aromatic rings. The fourth-order valence-corrected chi connectivity index (χ4v) is 5.62. The van der Waals surface area contributed by atoms with Gasteiger partial charge in [0.1, 0.15) is 0 Å². The van der Waals surface area contributed by atoms with Crippen molar-refractivity contribution in [3.8, 4) is 47.9 Å². The Morgan fingerprint density at radius 1 is 0.714 bits per heavy atom. The first-order valence-corrected chi connectivity index (χ1v) is 9.78. The summed E-state index contributed by atoms with van der Waals surface area (Å²) in [5.41, 5.74) is 10.9. The summed E-state index contributed by atoms with van der Waals surface area (Å²) >= 11 is 0. The first-order valence-electron chi connectivity index (χ1n) is 4.36. The Morgan fingerprint density at radius 3 is 1.07 bits per heavy atom. The third kappa shape index (κ3) is 3.20. The molecule has 0 aliphatic heterocycles. The van der Waals surface area contributed by atoms with Gasteiger partial charge >= 0.3 is 0 Å². The molecule has 0 aliphatic carbocycles. The van der Waals surface area contributed by atoms with E-state index in [1.807, 2.05) is 13.1 Å². The van der Waals surface area contributed by atoms with Crippen LogP contribution < -0.4 is 0 Å². The van der Waals surface area contributed by atoms with Crippen LogP contribution in [0.25, 0.3) is 0 Å². The van der Waals surface area contributed by atoms with Crippen LogP contribution in [0.5, 0.6) is 0 Å². The largest absolute Gasteiger partial charge is 0.212 e. The molecule has 0 atom stereocenters. The molecule has 2 heteroatoms. The Morgan fingerprint density at radius 2 is 0.929 bits per heavy atom. The Hall–Kier alpha value is -1.33. The van der Waals surface area contributed by atoms with Gasteiger partial charge in [0.05, 0.1) is 0 Å². The molecule has 0 fully saturated rings. The van der Waals surface area contributed by atoms with Gasteiger partial charge in [0, 0.05) is 0 Å². The molecule has 0 unspecified atom stereocenters. The van der Waals surface area contributed by atoms with E-state index in [4.69, 9.17) is 25.7 Å². The molecule has 0 saturated carbocycles. The highest BCUT2D eigenvalue weighted by Crippen LogP contribution is 2.18. The predicted octanol–water partition coefficient (Wildman–Crippen LogP) is 1.83. The van der Waals surface area contributed by atoms with Crippen molar-refractivity contribution in [1.29, 1.82) is 0 Å². The maximum atomic E-state index is 5.41. The van der Waals surface area contributed by atoms with Crippen LogP contribution in [0.1, 0.15) is 0 Å². The average molecular weight is 214 g/mol. The van der Waals surface area contributed by atoms with Crippen LogP contribution in [0.3, 0.4) is 0 Å². The molecule has 0 spiro atoms. The van der Waals surface area contributed by atoms with E-state index < -0.39 is 16.1 Å². The van der Waals surface area contributed by atoms with Crippen molar-refractivity contribution in [2.24, 2.45) is 0 Å². The summed E-state index contributed by atoms with van der Waals surface area (Å²) in [6, 6.07) is 1.69. The van der Waals surface area contributed by atoms with Crippen molar-refractivity contribution >= 4 is 16.1 Å². The van der Waals surface area contributed by atoms with E-state index in [0.717, 1.165) is 12.1 Å². The molecule has 0 aromatic carbocycles. The first kappa shape index (κ1) is 12.7. The lowest BCUT2D eigenvalue weighted by Crippen LogP contribution is -2.33. The lowest BCUT2D eigenvalue weighted by molar-refractivity contribution is 1.34. The van der Waals surface area contributed by atoms with Crippen LogP contribution in [-0.4, -0.2) is 16.1 Å². The summed E-state index contributed by atoms with van der Waals surface area (Å²) < 4.78 is 0. The minimum Gasteiger partial charge on any atom is -0.126 e. The predicted molar refractivity (Wildman–Crippen MR) is 68.2 cm³/mol. The maximum absolute atomic E-state index is 5.41. The summed E-state index contributed by atoms with van der Waals surface area (Å²) in [6.45, 7) is 3.99. The Labute approximate surface area is 89.5 Å². The topological polar surface area (TPSA) is 0 Å². The van der Waals surface area contributed by atoms with E-state index in [0.29, 0.717) is 0 Å². The zero-order chi connectivity index (χ0) is 11.2. The van der Waals surface area contributed by atoms with Gasteiger partial charge in [-0.3, -0.25) is 0 Å². The molecule has 0 heterocycles. The van der Waals surface area contributed by atoms with E-state index >= 15 is 0 Å². The van der Waals surface area contributed by atoms with E-state index in [2.05, 4.69) is 22.2 Å². The molecule has 14 heavy (non-hydrogen) atoms. The van der Waals surface area contributed by atoms with Crippen molar-refractivity contribution in [1.82, 2.24) is 0 Å². The smallest absolute Gasteiger partial charge is 0.126 e. The fraction of sp³-hybridized carbons (Fsp3) is 0.333. The van der Waals surface area contributed by atoms with Crippen LogP contribution in [-0.2, 0) is 0 Å². The molecule has 0 nitrogen and oxygen atoms in total. The molecule has 0 N–H and O–H groups in total. The van der Waals surface area contributed by atoms with E-state index in [-0.39, 0.29) is 0 Å². The van der Waals surface area contributed by atoms with Crippen LogP contribution >= 0.6 is 0 Å². The standard InChI is InChI=1S/C12H14Si2/c1-7-13(5,8-2)11-12-14(6,9-3)10-4/h1-4H,11-12H2,5-6H3. The summed E-state index contributed by atoms with van der Waals surface area (Å²) in [7, 11) is -3.88. The van der Waals surface area contributed by atoms with Crippen molar-refractivity contribution in [2.45, 2.75) is 25.2 Å². The zero-order valence-electron chi connectivity index (χ0n) is 8.72. The molecule has 0 amide bonds. The van der Waals surface area contributed by atoms with Crippen LogP contribution in [0.4, 0.5) is 0 Å². The summed E-state index contributed by atoms with van der Waals surface area (Å²) in [6.07, 6.45) is 21.6. The molecule has 0 saturated heterocycles. The highest BCUT2D eigenvalue weighted by molar-refractivity contribution is 6.97. The van der Waals surface area contributed by atoms with E-state index in [1.165, 1.54) is 0 Å². The van der Waals surface area contributed by atoms with Gasteiger partial charge in [0.25, 0.3) is 0 Å². The first-order chi connectivity index (χ1) is 6.45. The van der Waals surface area contributed by atoms with Gasteiger partial charge in [-0.15, -0.1) is 47.9 Å². The molecular formula is C12H14Si2. The second-order valence-electron chi connectivity index (χ2n) is 3.74. The van der Waals surface area contributed by atoms with Gasteiger partial charge in [-0.25, -0.2) is 0 Å². The van der Waals surface area contributed by atoms with Gasteiger partial charge in [0.2, 0.25) is 16.1 Å². The third-order valence-electron chi connectivity index (χ3n) is 2.40. The van der Waals surface area contributed by atoms with Crippen molar-refractivity contribution in [3.63, 3.8) is 0 Å². The van der Waals surface area contributed by atoms with E-state index in [1.54, 1.807) is 0 Å². The second-order valence-corrected chi connectivity index (χ2v) is 11.2. The Bertz CT molecular complexity index is 299. The van der Waals surface area contributed by atoms with Crippen LogP contribution in [0.2, 0.25) is 25.2 Å². The number of rotatable bonds is 3. The molecule has 0 bridgehead atoms. The summed E-state index contributed by atoms with van der Waals surface area (Å²) in [5.74, 6) is 0. The lowest BCUT2D eigenvalue weighted by Gasteiger charge is -2.18. The number of terminal acetylenes is 4. The number of hydrogen-bond donors (Lipinski definition) is 0. The van der Waals surface area contributed by atoms with Crippen molar-refractivity contribution in [3.05, 3.63) is 0 Å². The highest BCUT2D eigenvalue weighted by Gasteiger charge is 2.29. The molecular weight excluding hydrogens is 200 g/mol. The van der Waals surface area contributed by atoms with Crippen molar-refractivity contribution < 1.29 is 0 Å². The zero-order valence-corrected chi connectivity index (χ0v) is 10.7. The summed E-state index contributed by atoms with van der Waals surface area (Å²) in [4.78, 5) is 0. The van der Waals surface area contributed by atoms with Gasteiger partial charge in [0.15, 0.2) is 0 Å². The fourth-order valence-electron chi connectivity index (χ4n) is 0.872. The van der Waals surface area contributed by atoms with E-state index in [9.17, 15) is 0 Å². The Kier molecular flexibility index (Phi) is 4.33. The monoisotopic (exact) mass is 214 g/mol. The SMILES string of the molecule is C#C[Si](C)(C#C)CC[Si](C)(C#C)C#C. The van der Waals surface area contributed by atoms with Crippen LogP contribution in [0.15, 0.2) is 0 Å². The normalized spacial score (nSPS) is 10.4. The van der Waals surface area contributed by atoms with Gasteiger partial charge < -0.3 is 0 Å². The number of hydrogen-bond acceptors (Lipinski definition) is 0. The molecule has 0 radical (unpaired) electrons. The molecule has 0 rings (SSSR count). The average Bonchev–Trinajstić information content (AvgIpc) is 2.25. The molecule has 0 aliphatic rings. The maximum Gasteiger partial charge on any atom is 0.212 e. The quantitative estimate of drug-likeness (QED) is 0.497. The molecule has 70 valence electrons. The molecule has 0 aromatic heterocycles. The minimum atomic E-state index is -1.94. The second kappa shape index (κ2) is 4.78. The van der Waals surface area contributed by atoms with Gasteiger partial charge in [-0.05, 0) is 25.2 Å². The van der Waals surface area contributed by atoms with Gasteiger partial charge in [-0.2, -0.15) is 0 Å².